The molecule has 0 fully saturated rings. The molecule has 3 aromatic rings. The van der Waals surface area contributed by atoms with Crippen molar-refractivity contribution in [3.8, 4) is 11.4 Å². The minimum absolute atomic E-state index is 0.357. The Morgan fingerprint density at radius 3 is 2.86 bits per heavy atom. The standard InChI is InChI=1S/C13H17N7O/c1-8-11(9(2)19(18-8)6-7-21-3)12-17-16-10-4-5-15-13(14)20(10)12/h4-5H,6-7H2,1-3H3,(H2,14,15). The van der Waals surface area contributed by atoms with Gasteiger partial charge in [0, 0.05) is 25.1 Å². The van der Waals surface area contributed by atoms with Crippen molar-refractivity contribution in [3.05, 3.63) is 23.7 Å². The molecule has 0 saturated heterocycles. The van der Waals surface area contributed by atoms with Gasteiger partial charge in [0.2, 0.25) is 5.95 Å². The van der Waals surface area contributed by atoms with Crippen LogP contribution in [0.5, 0.6) is 0 Å². The zero-order valence-electron chi connectivity index (χ0n) is 12.2. The largest absolute Gasteiger partial charge is 0.383 e. The molecule has 8 nitrogen and oxygen atoms in total. The number of methoxy groups -OCH3 is 1. The molecular weight excluding hydrogens is 270 g/mol. The van der Waals surface area contributed by atoms with Gasteiger partial charge in [-0.2, -0.15) is 5.10 Å². The van der Waals surface area contributed by atoms with Crippen molar-refractivity contribution >= 4 is 11.6 Å². The fourth-order valence-corrected chi connectivity index (χ4v) is 2.45. The SMILES string of the molecule is COCCn1nc(C)c(-c2nnc3ccnc(N)n23)c1C. The van der Waals surface area contributed by atoms with E-state index in [2.05, 4.69) is 20.3 Å². The summed E-state index contributed by atoms with van der Waals surface area (Å²) in [4.78, 5) is 4.09. The van der Waals surface area contributed by atoms with Gasteiger partial charge >= 0.3 is 0 Å². The van der Waals surface area contributed by atoms with Crippen molar-refractivity contribution < 1.29 is 4.74 Å². The predicted molar refractivity (Wildman–Crippen MR) is 77.8 cm³/mol. The topological polar surface area (TPSA) is 96.1 Å². The number of aryl methyl sites for hydroxylation is 1. The summed E-state index contributed by atoms with van der Waals surface area (Å²) in [7, 11) is 1.67. The van der Waals surface area contributed by atoms with E-state index in [1.165, 1.54) is 0 Å². The Hall–Kier alpha value is -2.48. The van der Waals surface area contributed by atoms with Crippen molar-refractivity contribution in [2.45, 2.75) is 20.4 Å². The molecule has 3 heterocycles. The maximum Gasteiger partial charge on any atom is 0.207 e. The number of anilines is 1. The van der Waals surface area contributed by atoms with Crippen LogP contribution in [0.1, 0.15) is 11.4 Å². The van der Waals surface area contributed by atoms with Gasteiger partial charge in [-0.3, -0.25) is 4.68 Å². The van der Waals surface area contributed by atoms with Crippen LogP contribution in [0.25, 0.3) is 17.0 Å². The van der Waals surface area contributed by atoms with E-state index in [1.807, 2.05) is 18.5 Å². The molecule has 0 aliphatic rings. The number of hydrogen-bond acceptors (Lipinski definition) is 6. The van der Waals surface area contributed by atoms with Gasteiger partial charge in [0.1, 0.15) is 0 Å². The third kappa shape index (κ3) is 2.13. The molecule has 3 aromatic heterocycles. The number of hydrogen-bond donors (Lipinski definition) is 1. The highest BCUT2D eigenvalue weighted by Gasteiger charge is 2.19. The zero-order valence-corrected chi connectivity index (χ0v) is 12.2. The van der Waals surface area contributed by atoms with Crippen LogP contribution in [-0.4, -0.2) is 43.1 Å². The number of aromatic nitrogens is 6. The molecule has 0 aliphatic carbocycles. The Morgan fingerprint density at radius 2 is 2.10 bits per heavy atom. The van der Waals surface area contributed by atoms with E-state index in [0.717, 1.165) is 17.0 Å². The van der Waals surface area contributed by atoms with Crippen LogP contribution >= 0.6 is 0 Å². The molecule has 0 unspecified atom stereocenters. The second-order valence-corrected chi connectivity index (χ2v) is 4.78. The molecule has 21 heavy (non-hydrogen) atoms. The second-order valence-electron chi connectivity index (χ2n) is 4.78. The van der Waals surface area contributed by atoms with Crippen LogP contribution in [0.4, 0.5) is 5.95 Å². The second kappa shape index (κ2) is 5.13. The van der Waals surface area contributed by atoms with Gasteiger partial charge < -0.3 is 10.5 Å². The molecule has 0 atom stereocenters. The van der Waals surface area contributed by atoms with Gasteiger partial charge in [-0.25, -0.2) is 9.38 Å². The molecule has 0 aliphatic heterocycles. The first-order chi connectivity index (χ1) is 10.1. The normalized spacial score (nSPS) is 11.4. The zero-order chi connectivity index (χ0) is 15.0. The highest BCUT2D eigenvalue weighted by Crippen LogP contribution is 2.26. The maximum absolute atomic E-state index is 5.95. The summed E-state index contributed by atoms with van der Waals surface area (Å²) in [5, 5.41) is 12.9. The van der Waals surface area contributed by atoms with Gasteiger partial charge in [0.05, 0.1) is 24.4 Å². The van der Waals surface area contributed by atoms with Crippen LogP contribution in [0.2, 0.25) is 0 Å². The average Bonchev–Trinajstić information content (AvgIpc) is 2.99. The first kappa shape index (κ1) is 13.5. The van der Waals surface area contributed by atoms with Gasteiger partial charge in [0.25, 0.3) is 0 Å². The lowest BCUT2D eigenvalue weighted by molar-refractivity contribution is 0.182. The van der Waals surface area contributed by atoms with Crippen molar-refractivity contribution in [1.82, 2.24) is 29.4 Å². The quantitative estimate of drug-likeness (QED) is 0.763. The van der Waals surface area contributed by atoms with E-state index in [9.17, 15) is 0 Å². The van der Waals surface area contributed by atoms with Crippen molar-refractivity contribution in [3.63, 3.8) is 0 Å². The van der Waals surface area contributed by atoms with E-state index in [0.29, 0.717) is 30.6 Å². The molecule has 0 saturated carbocycles. The molecule has 0 aromatic carbocycles. The summed E-state index contributed by atoms with van der Waals surface area (Å²) < 4.78 is 8.74. The molecular formula is C13H17N7O. The molecule has 0 radical (unpaired) electrons. The van der Waals surface area contributed by atoms with Crippen LogP contribution in [-0.2, 0) is 11.3 Å². The Kier molecular flexibility index (Phi) is 3.30. The lowest BCUT2D eigenvalue weighted by atomic mass is 10.2. The van der Waals surface area contributed by atoms with Crippen LogP contribution in [0.15, 0.2) is 12.3 Å². The monoisotopic (exact) mass is 287 g/mol. The van der Waals surface area contributed by atoms with Gasteiger partial charge in [-0.15, -0.1) is 10.2 Å². The van der Waals surface area contributed by atoms with E-state index >= 15 is 0 Å². The summed E-state index contributed by atoms with van der Waals surface area (Å²) in [6.45, 7) is 5.23. The molecule has 0 bridgehead atoms. The molecule has 2 N–H and O–H groups in total. The summed E-state index contributed by atoms with van der Waals surface area (Å²) >= 11 is 0. The Labute approximate surface area is 121 Å². The molecule has 8 heteroatoms. The molecule has 110 valence electrons. The molecule has 3 rings (SSSR count). The highest BCUT2D eigenvalue weighted by molar-refractivity contribution is 5.66. The van der Waals surface area contributed by atoms with Crippen LogP contribution < -0.4 is 5.73 Å². The van der Waals surface area contributed by atoms with Crippen molar-refractivity contribution in [1.29, 1.82) is 0 Å². The van der Waals surface area contributed by atoms with Gasteiger partial charge in [-0.05, 0) is 13.8 Å². The van der Waals surface area contributed by atoms with E-state index in [1.54, 1.807) is 23.8 Å². The van der Waals surface area contributed by atoms with E-state index < -0.39 is 0 Å². The number of nitrogen functional groups attached to an aromatic ring is 1. The number of nitrogens with zero attached hydrogens (tertiary/aromatic N) is 6. The van der Waals surface area contributed by atoms with Crippen LogP contribution in [0, 0.1) is 13.8 Å². The van der Waals surface area contributed by atoms with Crippen LogP contribution in [0.3, 0.4) is 0 Å². The molecule has 0 amide bonds. The molecule has 0 spiro atoms. The van der Waals surface area contributed by atoms with Gasteiger partial charge in [-0.1, -0.05) is 0 Å². The van der Waals surface area contributed by atoms with Crippen molar-refractivity contribution in [2.24, 2.45) is 0 Å². The summed E-state index contributed by atoms with van der Waals surface area (Å²) in [5.41, 5.74) is 9.43. The predicted octanol–water partition coefficient (Wildman–Crippen LogP) is 0.833. The smallest absolute Gasteiger partial charge is 0.207 e. The lowest BCUT2D eigenvalue weighted by Gasteiger charge is -2.05. The lowest BCUT2D eigenvalue weighted by Crippen LogP contribution is -2.07. The Bertz CT molecular complexity index is 789. The average molecular weight is 287 g/mol. The third-order valence-corrected chi connectivity index (χ3v) is 3.46. The highest BCUT2D eigenvalue weighted by atomic mass is 16.5. The van der Waals surface area contributed by atoms with E-state index in [4.69, 9.17) is 10.5 Å². The first-order valence-corrected chi connectivity index (χ1v) is 6.62. The van der Waals surface area contributed by atoms with Crippen molar-refractivity contribution in [2.75, 3.05) is 19.5 Å². The minimum Gasteiger partial charge on any atom is -0.383 e. The van der Waals surface area contributed by atoms with E-state index in [-0.39, 0.29) is 0 Å². The Balaban J connectivity index is 2.17. The number of fused-ring (bicyclic) bond motifs is 1. The summed E-state index contributed by atoms with van der Waals surface area (Å²) in [6, 6.07) is 1.77. The third-order valence-electron chi connectivity index (χ3n) is 3.46. The summed E-state index contributed by atoms with van der Waals surface area (Å²) in [5.74, 6) is 1.02. The number of rotatable bonds is 4. The maximum atomic E-state index is 5.95. The first-order valence-electron chi connectivity index (χ1n) is 6.62. The fraction of sp³-hybridized carbons (Fsp3) is 0.385. The summed E-state index contributed by atoms with van der Waals surface area (Å²) in [6.07, 6.45) is 1.62. The Morgan fingerprint density at radius 1 is 1.29 bits per heavy atom. The number of ether oxygens (including phenoxy) is 1. The minimum atomic E-state index is 0.357. The number of nitrogens with two attached hydrogens (primary N) is 1. The van der Waals surface area contributed by atoms with Gasteiger partial charge in [0.15, 0.2) is 11.5 Å². The fourth-order valence-electron chi connectivity index (χ4n) is 2.45.